The van der Waals surface area contributed by atoms with Crippen LogP contribution in [0.3, 0.4) is 0 Å². The Hall–Kier alpha value is -3.19. The number of aryl methyl sites for hydroxylation is 3. The van der Waals surface area contributed by atoms with Gasteiger partial charge in [-0.2, -0.15) is 0 Å². The molecule has 5 rings (SSSR count). The van der Waals surface area contributed by atoms with E-state index in [9.17, 15) is 8.42 Å². The molecular formula is C24H24N4O2S. The summed E-state index contributed by atoms with van der Waals surface area (Å²) < 4.78 is 28.7. The number of benzene rings is 2. The molecule has 0 bridgehead atoms. The Balaban J connectivity index is 1.80. The smallest absolute Gasteiger partial charge is 0.269 e. The van der Waals surface area contributed by atoms with Crippen molar-refractivity contribution in [2.45, 2.75) is 44.6 Å². The summed E-state index contributed by atoms with van der Waals surface area (Å²) in [6.45, 7) is 5.61. The van der Waals surface area contributed by atoms with Gasteiger partial charge in [0.05, 0.1) is 10.3 Å². The fraction of sp³-hybridized carbons (Fsp3) is 0.250. The average molecular weight is 433 g/mol. The number of aromatic nitrogens is 3. The van der Waals surface area contributed by atoms with Gasteiger partial charge in [-0.05, 0) is 56.9 Å². The minimum Gasteiger partial charge on any atom is -0.367 e. The Labute approximate surface area is 182 Å². The Morgan fingerprint density at radius 1 is 0.935 bits per heavy atom. The van der Waals surface area contributed by atoms with Gasteiger partial charge in [-0.1, -0.05) is 42.5 Å². The molecule has 1 N–H and O–H groups in total. The van der Waals surface area contributed by atoms with Gasteiger partial charge in [-0.25, -0.2) is 22.4 Å². The second kappa shape index (κ2) is 7.20. The summed E-state index contributed by atoms with van der Waals surface area (Å²) in [6.07, 6.45) is 2.18. The predicted molar refractivity (Wildman–Crippen MR) is 123 cm³/mol. The molecule has 0 atom stereocenters. The maximum absolute atomic E-state index is 13.7. The first-order valence-electron chi connectivity index (χ1n) is 10.4. The van der Waals surface area contributed by atoms with E-state index < -0.39 is 10.0 Å². The van der Waals surface area contributed by atoms with Crippen LogP contribution in [-0.2, 0) is 10.0 Å². The van der Waals surface area contributed by atoms with Crippen LogP contribution in [0.1, 0.15) is 29.7 Å². The van der Waals surface area contributed by atoms with E-state index in [1.165, 1.54) is 3.97 Å². The molecule has 0 unspecified atom stereocenters. The van der Waals surface area contributed by atoms with Gasteiger partial charge >= 0.3 is 0 Å². The minimum absolute atomic E-state index is 0.281. The number of anilines is 1. The van der Waals surface area contributed by atoms with Crippen LogP contribution in [0.25, 0.3) is 22.4 Å². The summed E-state index contributed by atoms with van der Waals surface area (Å²) in [7, 11) is -3.82. The molecule has 158 valence electrons. The lowest BCUT2D eigenvalue weighted by molar-refractivity contribution is 0.587. The molecular weight excluding hydrogens is 408 g/mol. The van der Waals surface area contributed by atoms with Crippen molar-refractivity contribution in [3.63, 3.8) is 0 Å². The number of hydrogen-bond donors (Lipinski definition) is 1. The Bertz CT molecular complexity index is 1420. The molecule has 0 spiro atoms. The van der Waals surface area contributed by atoms with Crippen molar-refractivity contribution in [3.8, 4) is 11.4 Å². The number of rotatable bonds is 5. The van der Waals surface area contributed by atoms with E-state index >= 15 is 0 Å². The van der Waals surface area contributed by atoms with Crippen molar-refractivity contribution in [1.29, 1.82) is 0 Å². The van der Waals surface area contributed by atoms with Crippen molar-refractivity contribution in [3.05, 3.63) is 71.4 Å². The molecule has 7 heteroatoms. The molecule has 2 heterocycles. The molecule has 2 aromatic heterocycles. The summed E-state index contributed by atoms with van der Waals surface area (Å²) in [4.78, 5) is 9.86. The van der Waals surface area contributed by atoms with E-state index in [4.69, 9.17) is 9.97 Å². The molecule has 31 heavy (non-hydrogen) atoms. The Kier molecular flexibility index (Phi) is 4.59. The van der Waals surface area contributed by atoms with E-state index in [1.807, 2.05) is 56.3 Å². The molecule has 0 saturated heterocycles. The van der Waals surface area contributed by atoms with Crippen LogP contribution in [0, 0.1) is 20.8 Å². The quantitative estimate of drug-likeness (QED) is 0.489. The molecule has 0 radical (unpaired) electrons. The SMILES string of the molecule is Cc1ccccc1-c1nc(NC2CC2)c2cc(C)n(S(=O)(=O)c3ccccc3C)c2n1. The van der Waals surface area contributed by atoms with Gasteiger partial charge in [0.15, 0.2) is 11.5 Å². The van der Waals surface area contributed by atoms with Crippen molar-refractivity contribution in [2.75, 3.05) is 5.32 Å². The summed E-state index contributed by atoms with van der Waals surface area (Å²) in [5.74, 6) is 1.21. The van der Waals surface area contributed by atoms with Gasteiger partial charge in [-0.15, -0.1) is 0 Å². The van der Waals surface area contributed by atoms with Crippen LogP contribution >= 0.6 is 0 Å². The second-order valence-electron chi connectivity index (χ2n) is 8.19. The van der Waals surface area contributed by atoms with Gasteiger partial charge in [0, 0.05) is 17.3 Å². The molecule has 2 aromatic carbocycles. The maximum Gasteiger partial charge on any atom is 0.269 e. The highest BCUT2D eigenvalue weighted by atomic mass is 32.2. The first kappa shape index (κ1) is 19.8. The van der Waals surface area contributed by atoms with Crippen molar-refractivity contribution >= 4 is 26.9 Å². The van der Waals surface area contributed by atoms with E-state index in [0.29, 0.717) is 34.6 Å². The van der Waals surface area contributed by atoms with Crippen LogP contribution in [0.5, 0.6) is 0 Å². The first-order chi connectivity index (χ1) is 14.9. The second-order valence-corrected chi connectivity index (χ2v) is 9.94. The Morgan fingerprint density at radius 3 is 2.29 bits per heavy atom. The highest BCUT2D eigenvalue weighted by molar-refractivity contribution is 7.90. The third-order valence-electron chi connectivity index (χ3n) is 5.71. The first-order valence-corrected chi connectivity index (χ1v) is 11.8. The normalized spacial score (nSPS) is 14.2. The molecule has 0 aliphatic heterocycles. The Morgan fingerprint density at radius 2 is 1.61 bits per heavy atom. The number of hydrogen-bond acceptors (Lipinski definition) is 5. The van der Waals surface area contributed by atoms with Crippen LogP contribution in [0.15, 0.2) is 59.5 Å². The third-order valence-corrected chi connectivity index (χ3v) is 7.66. The van der Waals surface area contributed by atoms with Gasteiger partial charge in [0.25, 0.3) is 10.0 Å². The van der Waals surface area contributed by atoms with E-state index in [2.05, 4.69) is 5.32 Å². The summed E-state index contributed by atoms with van der Waals surface area (Å²) in [5.41, 5.74) is 3.64. The predicted octanol–water partition coefficient (Wildman–Crippen LogP) is 4.83. The topological polar surface area (TPSA) is 76.9 Å². The molecule has 0 amide bonds. The number of nitrogens with one attached hydrogen (secondary N) is 1. The molecule has 4 aromatic rings. The molecule has 1 saturated carbocycles. The van der Waals surface area contributed by atoms with Crippen molar-refractivity contribution in [1.82, 2.24) is 13.9 Å². The van der Waals surface area contributed by atoms with Crippen LogP contribution in [0.2, 0.25) is 0 Å². The van der Waals surface area contributed by atoms with Crippen molar-refractivity contribution < 1.29 is 8.42 Å². The fourth-order valence-corrected chi connectivity index (χ4v) is 5.62. The van der Waals surface area contributed by atoms with Crippen LogP contribution in [0.4, 0.5) is 5.82 Å². The lowest BCUT2D eigenvalue weighted by Crippen LogP contribution is -2.16. The van der Waals surface area contributed by atoms with E-state index in [0.717, 1.165) is 29.4 Å². The number of nitrogens with zero attached hydrogens (tertiary/aromatic N) is 3. The van der Waals surface area contributed by atoms with Gasteiger partial charge < -0.3 is 5.32 Å². The monoisotopic (exact) mass is 432 g/mol. The van der Waals surface area contributed by atoms with E-state index in [1.54, 1.807) is 19.1 Å². The maximum atomic E-state index is 13.7. The summed E-state index contributed by atoms with van der Waals surface area (Å²) in [5, 5.41) is 4.19. The van der Waals surface area contributed by atoms with Gasteiger partial charge in [0.2, 0.25) is 0 Å². The minimum atomic E-state index is -3.82. The molecule has 1 fully saturated rings. The highest BCUT2D eigenvalue weighted by Gasteiger charge is 2.28. The summed E-state index contributed by atoms with van der Waals surface area (Å²) in [6, 6.07) is 17.1. The summed E-state index contributed by atoms with van der Waals surface area (Å²) >= 11 is 0. The zero-order valence-electron chi connectivity index (χ0n) is 17.8. The van der Waals surface area contributed by atoms with E-state index in [-0.39, 0.29) is 4.90 Å². The highest BCUT2D eigenvalue weighted by Crippen LogP contribution is 2.34. The zero-order chi connectivity index (χ0) is 21.8. The average Bonchev–Trinajstić information content (AvgIpc) is 3.47. The molecule has 6 nitrogen and oxygen atoms in total. The van der Waals surface area contributed by atoms with Gasteiger partial charge in [0.1, 0.15) is 5.82 Å². The van der Waals surface area contributed by atoms with Crippen LogP contribution < -0.4 is 5.32 Å². The molecule has 1 aliphatic carbocycles. The fourth-order valence-electron chi connectivity index (χ4n) is 3.90. The lowest BCUT2D eigenvalue weighted by atomic mass is 10.1. The van der Waals surface area contributed by atoms with Crippen LogP contribution in [-0.4, -0.2) is 28.4 Å². The number of fused-ring (bicyclic) bond motifs is 1. The standard InChI is InChI=1S/C24H24N4O2S/c1-15-8-4-6-10-19(15)22-26-23(25-18-12-13-18)20-14-17(3)28(24(20)27-22)31(29,30)21-11-7-5-9-16(21)2/h4-11,14,18H,12-13H2,1-3H3,(H,25,26,27). The molecule has 1 aliphatic rings. The third kappa shape index (κ3) is 3.39. The largest absolute Gasteiger partial charge is 0.367 e. The lowest BCUT2D eigenvalue weighted by Gasteiger charge is -2.13. The van der Waals surface area contributed by atoms with Gasteiger partial charge in [-0.3, -0.25) is 0 Å². The zero-order valence-corrected chi connectivity index (χ0v) is 18.6. The van der Waals surface area contributed by atoms with Crippen molar-refractivity contribution in [2.24, 2.45) is 0 Å².